The monoisotopic (exact) mass is 983 g/mol. The number of para-hydroxylation sites is 5. The van der Waals surface area contributed by atoms with Crippen molar-refractivity contribution in [3.05, 3.63) is 297 Å². The highest BCUT2D eigenvalue weighted by Gasteiger charge is 2.41. The van der Waals surface area contributed by atoms with Gasteiger partial charge in [0.25, 0.3) is 0 Å². The highest BCUT2D eigenvalue weighted by atomic mass is 28.3. The van der Waals surface area contributed by atoms with Crippen molar-refractivity contribution in [3.63, 3.8) is 0 Å². The highest BCUT2D eigenvalue weighted by Crippen LogP contribution is 2.41. The summed E-state index contributed by atoms with van der Waals surface area (Å²) in [7, 11) is -2.81. The molecule has 4 heteroatoms. The standard InChI is InChI=1S/C72H49N3Si/c1-4-24-55(25-5-1)76(56-26-6-2-7-27-56,57-28-8-3-9-29-57)58-30-22-23-50(47-58)59-31-10-11-32-60(59)51-45-53(74-69-40-19-14-35-63(69)64-36-15-20-41-70(64)74)48-54(46-51)75-71-42-21-16-37-65(71)66-49-52(43-44-72(66)75)73-67-38-17-12-33-61(67)62-34-13-18-39-68(62)73/h1-49H. The predicted octanol–water partition coefficient (Wildman–Crippen LogP) is 15.7. The van der Waals surface area contributed by atoms with Crippen molar-refractivity contribution in [2.75, 3.05) is 0 Å². The van der Waals surface area contributed by atoms with Crippen molar-refractivity contribution in [2.24, 2.45) is 0 Å². The maximum absolute atomic E-state index is 2.81. The summed E-state index contributed by atoms with van der Waals surface area (Å²) in [4.78, 5) is 0. The summed E-state index contributed by atoms with van der Waals surface area (Å²) in [6, 6.07) is 111. The van der Waals surface area contributed by atoms with Crippen LogP contribution in [-0.4, -0.2) is 21.8 Å². The summed E-state index contributed by atoms with van der Waals surface area (Å²) in [5.74, 6) is 0. The number of rotatable bonds is 9. The van der Waals surface area contributed by atoms with Crippen LogP contribution in [0.25, 0.3) is 105 Å². The molecule has 0 aliphatic heterocycles. The maximum Gasteiger partial charge on any atom is 0.179 e. The first kappa shape index (κ1) is 43.8. The van der Waals surface area contributed by atoms with Gasteiger partial charge < -0.3 is 13.7 Å². The minimum absolute atomic E-state index is 1.09. The molecule has 0 fully saturated rings. The fourth-order valence-electron chi connectivity index (χ4n) is 12.8. The molecule has 0 aliphatic rings. The third kappa shape index (κ3) is 6.74. The zero-order valence-corrected chi connectivity index (χ0v) is 42.6. The third-order valence-corrected chi connectivity index (χ3v) is 20.7. The van der Waals surface area contributed by atoms with E-state index in [-0.39, 0.29) is 0 Å². The number of nitrogens with zero attached hydrogens (tertiary/aromatic N) is 3. The summed E-state index contributed by atoms with van der Waals surface area (Å²) >= 11 is 0. The molecule has 0 saturated heterocycles. The van der Waals surface area contributed by atoms with Crippen LogP contribution in [0, 0.1) is 0 Å². The number of aromatic nitrogens is 3. The molecule has 12 aromatic carbocycles. The quantitative estimate of drug-likeness (QED) is 0.101. The largest absolute Gasteiger partial charge is 0.309 e. The lowest BCUT2D eigenvalue weighted by Gasteiger charge is -2.34. The number of fused-ring (bicyclic) bond motifs is 9. The molecule has 0 aliphatic carbocycles. The van der Waals surface area contributed by atoms with Gasteiger partial charge in [-0.25, -0.2) is 0 Å². The van der Waals surface area contributed by atoms with Crippen LogP contribution in [0.15, 0.2) is 297 Å². The fourth-order valence-corrected chi connectivity index (χ4v) is 17.6. The molecule has 0 bridgehead atoms. The number of hydrogen-bond acceptors (Lipinski definition) is 0. The Bertz CT molecular complexity index is 4490. The predicted molar refractivity (Wildman–Crippen MR) is 324 cm³/mol. The molecule has 0 N–H and O–H groups in total. The Hall–Kier alpha value is -9.74. The van der Waals surface area contributed by atoms with Gasteiger partial charge in [-0.15, -0.1) is 0 Å². The average molecular weight is 984 g/mol. The first-order chi connectivity index (χ1) is 37.7. The van der Waals surface area contributed by atoms with E-state index in [1.165, 1.54) is 91.8 Å². The number of benzene rings is 12. The molecular formula is C72H49N3Si. The summed E-state index contributed by atoms with van der Waals surface area (Å²) in [6.07, 6.45) is 0. The summed E-state index contributed by atoms with van der Waals surface area (Å²) < 4.78 is 7.38. The van der Waals surface area contributed by atoms with Gasteiger partial charge in [-0.1, -0.05) is 231 Å². The Labute approximate surface area is 442 Å². The summed E-state index contributed by atoms with van der Waals surface area (Å²) in [6.45, 7) is 0. The molecule has 0 spiro atoms. The van der Waals surface area contributed by atoms with E-state index in [1.807, 2.05) is 0 Å². The minimum Gasteiger partial charge on any atom is -0.309 e. The molecule has 76 heavy (non-hydrogen) atoms. The van der Waals surface area contributed by atoms with E-state index in [9.17, 15) is 0 Å². The summed E-state index contributed by atoms with van der Waals surface area (Å²) in [5, 5.41) is 12.8. The van der Waals surface area contributed by atoms with Crippen LogP contribution >= 0.6 is 0 Å². The SMILES string of the molecule is c1ccc([Si](c2ccccc2)(c2ccccc2)c2cccc(-c3ccccc3-c3cc(-n4c5ccccc5c5ccccc54)cc(-n4c5ccccc5c5cc(-n6c7ccccc7c7ccccc76)ccc54)c3)c2)cc1. The van der Waals surface area contributed by atoms with Crippen LogP contribution < -0.4 is 20.7 Å². The van der Waals surface area contributed by atoms with Crippen LogP contribution in [0.2, 0.25) is 0 Å². The Kier molecular flexibility index (Phi) is 10.2. The van der Waals surface area contributed by atoms with E-state index in [4.69, 9.17) is 0 Å². The second-order valence-corrected chi connectivity index (χ2v) is 23.8. The molecule has 3 aromatic heterocycles. The Morgan fingerprint density at radius 1 is 0.197 bits per heavy atom. The minimum atomic E-state index is -2.81. The fraction of sp³-hybridized carbons (Fsp3) is 0. The molecule has 0 radical (unpaired) electrons. The number of hydrogen-bond donors (Lipinski definition) is 0. The molecule has 15 aromatic rings. The third-order valence-electron chi connectivity index (χ3n) is 16.0. The van der Waals surface area contributed by atoms with Crippen LogP contribution in [0.5, 0.6) is 0 Å². The van der Waals surface area contributed by atoms with Crippen molar-refractivity contribution < 1.29 is 0 Å². The van der Waals surface area contributed by atoms with Gasteiger partial charge in [0.2, 0.25) is 0 Å². The van der Waals surface area contributed by atoms with Gasteiger partial charge in [-0.05, 0) is 110 Å². The molecule has 0 atom stereocenters. The molecule has 0 unspecified atom stereocenters. The Balaban J connectivity index is 0.977. The first-order valence-electron chi connectivity index (χ1n) is 26.3. The van der Waals surface area contributed by atoms with E-state index in [1.54, 1.807) is 0 Å². The van der Waals surface area contributed by atoms with Crippen molar-refractivity contribution in [3.8, 4) is 39.3 Å². The second-order valence-electron chi connectivity index (χ2n) is 20.0. The van der Waals surface area contributed by atoms with Gasteiger partial charge in [-0.2, -0.15) is 0 Å². The Morgan fingerprint density at radius 2 is 0.539 bits per heavy atom. The molecule has 3 heterocycles. The zero-order valence-electron chi connectivity index (χ0n) is 41.6. The second kappa shape index (κ2) is 17.7. The van der Waals surface area contributed by atoms with Crippen molar-refractivity contribution in [1.29, 1.82) is 0 Å². The normalized spacial score (nSPS) is 11.9. The molecule has 15 rings (SSSR count). The Morgan fingerprint density at radius 3 is 0.987 bits per heavy atom. The van der Waals surface area contributed by atoms with Gasteiger partial charge in [0.1, 0.15) is 0 Å². The van der Waals surface area contributed by atoms with Gasteiger partial charge in [-0.3, -0.25) is 0 Å². The lowest BCUT2D eigenvalue weighted by Crippen LogP contribution is -2.74. The van der Waals surface area contributed by atoms with Crippen molar-refractivity contribution in [1.82, 2.24) is 13.7 Å². The van der Waals surface area contributed by atoms with Crippen molar-refractivity contribution in [2.45, 2.75) is 0 Å². The smallest absolute Gasteiger partial charge is 0.179 e. The summed E-state index contributed by atoms with van der Waals surface area (Å²) in [5.41, 5.74) is 15.1. The van der Waals surface area contributed by atoms with Crippen LogP contribution in [0.3, 0.4) is 0 Å². The van der Waals surface area contributed by atoms with Crippen LogP contribution in [-0.2, 0) is 0 Å². The average Bonchev–Trinajstić information content (AvgIpc) is 4.15. The van der Waals surface area contributed by atoms with E-state index in [0.29, 0.717) is 0 Å². The van der Waals surface area contributed by atoms with Gasteiger partial charge in [0, 0.05) is 49.4 Å². The van der Waals surface area contributed by atoms with Gasteiger partial charge in [0.05, 0.1) is 33.1 Å². The lowest BCUT2D eigenvalue weighted by atomic mass is 9.94. The lowest BCUT2D eigenvalue weighted by molar-refractivity contribution is 1.13. The first-order valence-corrected chi connectivity index (χ1v) is 28.3. The molecular weight excluding hydrogens is 935 g/mol. The van der Waals surface area contributed by atoms with E-state index in [2.05, 4.69) is 311 Å². The van der Waals surface area contributed by atoms with E-state index >= 15 is 0 Å². The zero-order chi connectivity index (χ0) is 50.2. The molecule has 0 saturated carbocycles. The molecule has 0 amide bonds. The van der Waals surface area contributed by atoms with E-state index in [0.717, 1.165) is 33.7 Å². The maximum atomic E-state index is 2.50. The van der Waals surface area contributed by atoms with Crippen LogP contribution in [0.4, 0.5) is 0 Å². The molecule has 356 valence electrons. The topological polar surface area (TPSA) is 14.8 Å². The van der Waals surface area contributed by atoms with E-state index < -0.39 is 8.07 Å². The van der Waals surface area contributed by atoms with Gasteiger partial charge >= 0.3 is 0 Å². The highest BCUT2D eigenvalue weighted by molar-refractivity contribution is 7.19. The van der Waals surface area contributed by atoms with Crippen molar-refractivity contribution >= 4 is 94.2 Å². The molecule has 3 nitrogen and oxygen atoms in total. The van der Waals surface area contributed by atoms with Crippen LogP contribution in [0.1, 0.15) is 0 Å². The van der Waals surface area contributed by atoms with Gasteiger partial charge in [0.15, 0.2) is 8.07 Å².